The number of aromatic nitrogens is 2. The summed E-state index contributed by atoms with van der Waals surface area (Å²) < 4.78 is 8.57. The van der Waals surface area contributed by atoms with Crippen LogP contribution in [0.5, 0.6) is 11.5 Å². The maximum atomic E-state index is 13.1. The molecule has 3 aromatic rings. The molecule has 0 bridgehead atoms. The molecule has 32 heavy (non-hydrogen) atoms. The van der Waals surface area contributed by atoms with Gasteiger partial charge in [-0.05, 0) is 56.9 Å². The Morgan fingerprint density at radius 3 is 2.62 bits per heavy atom. The SMILES string of the molecule is CC1CCc2c(ccc(-c3cnn(C4CNC4)c3)c2Oc2ccccc2)N1C(=O)C1CC1. The molecule has 3 heterocycles. The minimum absolute atomic E-state index is 0.191. The summed E-state index contributed by atoms with van der Waals surface area (Å²) in [6, 6.07) is 14.7. The molecule has 1 saturated carbocycles. The van der Waals surface area contributed by atoms with Crippen LogP contribution in [0, 0.1) is 5.92 Å². The average molecular weight is 429 g/mol. The first kappa shape index (κ1) is 19.6. The summed E-state index contributed by atoms with van der Waals surface area (Å²) in [7, 11) is 0. The fourth-order valence-electron chi connectivity index (χ4n) is 4.75. The maximum Gasteiger partial charge on any atom is 0.230 e. The van der Waals surface area contributed by atoms with Crippen LogP contribution in [0.15, 0.2) is 54.9 Å². The first-order valence-electron chi connectivity index (χ1n) is 11.7. The predicted molar refractivity (Wildman–Crippen MR) is 124 cm³/mol. The van der Waals surface area contributed by atoms with E-state index in [0.717, 1.165) is 72.6 Å². The molecule has 1 unspecified atom stereocenters. The quantitative estimate of drug-likeness (QED) is 0.647. The van der Waals surface area contributed by atoms with Crippen LogP contribution >= 0.6 is 0 Å². The molecule has 2 aromatic carbocycles. The Balaban J connectivity index is 1.46. The molecule has 1 N–H and O–H groups in total. The number of anilines is 1. The van der Waals surface area contributed by atoms with Crippen molar-refractivity contribution in [2.24, 2.45) is 5.92 Å². The van der Waals surface area contributed by atoms with E-state index >= 15 is 0 Å². The third-order valence-corrected chi connectivity index (χ3v) is 6.92. The monoisotopic (exact) mass is 428 g/mol. The molecule has 1 atom stereocenters. The van der Waals surface area contributed by atoms with Gasteiger partial charge in [0.05, 0.1) is 17.9 Å². The maximum absolute atomic E-state index is 13.1. The van der Waals surface area contributed by atoms with E-state index in [4.69, 9.17) is 4.74 Å². The van der Waals surface area contributed by atoms with Crippen LogP contribution in [0.2, 0.25) is 0 Å². The van der Waals surface area contributed by atoms with Crippen LogP contribution in [-0.2, 0) is 11.2 Å². The number of carbonyl (C=O) groups excluding carboxylic acids is 1. The van der Waals surface area contributed by atoms with E-state index in [0.29, 0.717) is 6.04 Å². The molecular weight excluding hydrogens is 400 g/mol. The van der Waals surface area contributed by atoms with Gasteiger partial charge in [-0.3, -0.25) is 9.48 Å². The number of hydrogen-bond donors (Lipinski definition) is 1. The lowest BCUT2D eigenvalue weighted by Crippen LogP contribution is -2.43. The minimum Gasteiger partial charge on any atom is -0.456 e. The second-order valence-electron chi connectivity index (χ2n) is 9.25. The topological polar surface area (TPSA) is 59.4 Å². The summed E-state index contributed by atoms with van der Waals surface area (Å²) in [5.41, 5.74) is 4.20. The van der Waals surface area contributed by atoms with E-state index in [9.17, 15) is 4.79 Å². The Kier molecular flexibility index (Phi) is 4.76. The Morgan fingerprint density at radius 2 is 1.91 bits per heavy atom. The zero-order chi connectivity index (χ0) is 21.7. The third kappa shape index (κ3) is 3.39. The van der Waals surface area contributed by atoms with Crippen molar-refractivity contribution in [2.45, 2.75) is 44.7 Å². The molecule has 1 amide bonds. The van der Waals surface area contributed by atoms with E-state index in [-0.39, 0.29) is 17.9 Å². The Bertz CT molecular complexity index is 1150. The normalized spacial score (nSPS) is 20.5. The number of para-hydroxylation sites is 1. The number of ether oxygens (including phenoxy) is 1. The van der Waals surface area contributed by atoms with Crippen LogP contribution in [0.1, 0.15) is 37.8 Å². The highest BCUT2D eigenvalue weighted by molar-refractivity contribution is 5.99. The molecule has 1 aromatic heterocycles. The highest BCUT2D eigenvalue weighted by atomic mass is 16.5. The van der Waals surface area contributed by atoms with Crippen molar-refractivity contribution in [3.63, 3.8) is 0 Å². The van der Waals surface area contributed by atoms with Crippen molar-refractivity contribution >= 4 is 11.6 Å². The number of carbonyl (C=O) groups is 1. The number of nitrogens with one attached hydrogen (secondary N) is 1. The van der Waals surface area contributed by atoms with E-state index in [1.807, 2.05) is 46.1 Å². The predicted octanol–water partition coefficient (Wildman–Crippen LogP) is 4.56. The second-order valence-corrected chi connectivity index (χ2v) is 9.25. The molecule has 3 aliphatic rings. The van der Waals surface area contributed by atoms with Crippen molar-refractivity contribution in [2.75, 3.05) is 18.0 Å². The molecule has 164 valence electrons. The van der Waals surface area contributed by atoms with Gasteiger partial charge in [-0.15, -0.1) is 0 Å². The summed E-state index contributed by atoms with van der Waals surface area (Å²) in [5.74, 6) is 2.11. The number of rotatable bonds is 5. The largest absolute Gasteiger partial charge is 0.456 e. The summed E-state index contributed by atoms with van der Waals surface area (Å²) in [6.45, 7) is 4.06. The zero-order valence-corrected chi connectivity index (χ0v) is 18.3. The van der Waals surface area contributed by atoms with E-state index in [2.05, 4.69) is 35.7 Å². The van der Waals surface area contributed by atoms with Gasteiger partial charge in [0.15, 0.2) is 0 Å². The van der Waals surface area contributed by atoms with Gasteiger partial charge in [-0.25, -0.2) is 0 Å². The van der Waals surface area contributed by atoms with Crippen molar-refractivity contribution in [1.29, 1.82) is 0 Å². The summed E-state index contributed by atoms with van der Waals surface area (Å²) in [5, 5.41) is 7.92. The van der Waals surface area contributed by atoms with Crippen molar-refractivity contribution in [3.8, 4) is 22.6 Å². The van der Waals surface area contributed by atoms with Gasteiger partial charge in [0.2, 0.25) is 5.91 Å². The van der Waals surface area contributed by atoms with Gasteiger partial charge >= 0.3 is 0 Å². The lowest BCUT2D eigenvalue weighted by molar-refractivity contribution is -0.120. The highest BCUT2D eigenvalue weighted by Gasteiger charge is 2.39. The molecule has 0 spiro atoms. The summed E-state index contributed by atoms with van der Waals surface area (Å²) in [4.78, 5) is 15.2. The fourth-order valence-corrected chi connectivity index (χ4v) is 4.75. The smallest absolute Gasteiger partial charge is 0.230 e. The average Bonchev–Trinajstić information content (AvgIpc) is 3.52. The van der Waals surface area contributed by atoms with E-state index < -0.39 is 0 Å². The van der Waals surface area contributed by atoms with Gasteiger partial charge in [0, 0.05) is 47.9 Å². The van der Waals surface area contributed by atoms with Crippen LogP contribution in [0.4, 0.5) is 5.69 Å². The van der Waals surface area contributed by atoms with E-state index in [1.165, 1.54) is 0 Å². The number of hydrogen-bond acceptors (Lipinski definition) is 4. The van der Waals surface area contributed by atoms with Gasteiger partial charge < -0.3 is 15.0 Å². The van der Waals surface area contributed by atoms with Gasteiger partial charge in [-0.2, -0.15) is 5.10 Å². The fraction of sp³-hybridized carbons (Fsp3) is 0.385. The number of fused-ring (bicyclic) bond motifs is 1. The van der Waals surface area contributed by atoms with Gasteiger partial charge in [0.25, 0.3) is 0 Å². The summed E-state index contributed by atoms with van der Waals surface area (Å²) in [6.07, 6.45) is 7.89. The summed E-state index contributed by atoms with van der Waals surface area (Å²) >= 11 is 0. The lowest BCUT2D eigenvalue weighted by atomic mass is 9.92. The van der Waals surface area contributed by atoms with Crippen molar-refractivity contribution in [3.05, 3.63) is 60.4 Å². The van der Waals surface area contributed by atoms with Gasteiger partial charge in [-0.1, -0.05) is 18.2 Å². The molecule has 1 aliphatic carbocycles. The van der Waals surface area contributed by atoms with Crippen molar-refractivity contribution < 1.29 is 9.53 Å². The van der Waals surface area contributed by atoms with Crippen LogP contribution in [-0.4, -0.2) is 34.8 Å². The Hall–Kier alpha value is -3.12. The standard InChI is InChI=1S/C26H28N4O2/c1-17-7-10-23-24(30(17)26(31)18-8-9-18)12-11-22(25(23)32-21-5-3-2-4-6-21)19-13-28-29(16-19)20-14-27-15-20/h2-6,11-13,16-18,20,27H,7-10,14-15H2,1H3. The molecular formula is C26H28N4O2. The molecule has 6 rings (SSSR count). The molecule has 2 aliphatic heterocycles. The molecule has 1 saturated heterocycles. The van der Waals surface area contributed by atoms with Crippen molar-refractivity contribution in [1.82, 2.24) is 15.1 Å². The van der Waals surface area contributed by atoms with Crippen LogP contribution < -0.4 is 15.0 Å². The highest BCUT2D eigenvalue weighted by Crippen LogP contribution is 2.46. The lowest BCUT2D eigenvalue weighted by Gasteiger charge is -2.36. The molecule has 0 radical (unpaired) electrons. The first-order chi connectivity index (χ1) is 15.7. The molecule has 6 heteroatoms. The van der Waals surface area contributed by atoms with Crippen LogP contribution in [0.3, 0.4) is 0 Å². The first-order valence-corrected chi connectivity index (χ1v) is 11.7. The minimum atomic E-state index is 0.191. The number of benzene rings is 2. The number of amides is 1. The number of nitrogens with zero attached hydrogens (tertiary/aromatic N) is 3. The Labute approximate surface area is 188 Å². The second kappa shape index (κ2) is 7.78. The van der Waals surface area contributed by atoms with Crippen LogP contribution in [0.25, 0.3) is 11.1 Å². The van der Waals surface area contributed by atoms with Gasteiger partial charge in [0.1, 0.15) is 11.5 Å². The molecule has 2 fully saturated rings. The third-order valence-electron chi connectivity index (χ3n) is 6.92. The molecule has 6 nitrogen and oxygen atoms in total. The van der Waals surface area contributed by atoms with E-state index in [1.54, 1.807) is 0 Å². The Morgan fingerprint density at radius 1 is 1.09 bits per heavy atom. The zero-order valence-electron chi connectivity index (χ0n) is 18.3.